The molecule has 0 heterocycles. The Morgan fingerprint density at radius 2 is 2.33 bits per heavy atom. The van der Waals surface area contributed by atoms with E-state index in [2.05, 4.69) is 5.32 Å². The van der Waals surface area contributed by atoms with E-state index in [4.69, 9.17) is 26.3 Å². The third kappa shape index (κ3) is 3.62. The maximum absolute atomic E-state index is 11.8. The Kier molecular flexibility index (Phi) is 5.43. The summed E-state index contributed by atoms with van der Waals surface area (Å²) in [5.41, 5.74) is 0.334. The number of carbonyl (C=O) groups excluding carboxylic acids is 1. The summed E-state index contributed by atoms with van der Waals surface area (Å²) in [4.78, 5) is 11.8. The van der Waals surface area contributed by atoms with Crippen LogP contribution in [-0.2, 0) is 4.74 Å². The number of hydrogen-bond acceptors (Lipinski definition) is 4. The summed E-state index contributed by atoms with van der Waals surface area (Å²) in [5, 5.41) is 11.5. The molecule has 0 aliphatic heterocycles. The van der Waals surface area contributed by atoms with Crippen LogP contribution in [-0.4, -0.2) is 25.9 Å². The van der Waals surface area contributed by atoms with Crippen LogP contribution in [0, 0.1) is 11.3 Å². The number of halogens is 1. The highest BCUT2D eigenvalue weighted by atomic mass is 35.5. The monoisotopic (exact) mass is 268 g/mol. The highest BCUT2D eigenvalue weighted by molar-refractivity contribution is 6.32. The molecular weight excluding hydrogens is 256 g/mol. The normalized spacial score (nSPS) is 11.4. The molecule has 0 saturated carbocycles. The van der Waals surface area contributed by atoms with E-state index in [1.165, 1.54) is 13.2 Å². The number of nitrogens with one attached hydrogen (secondary N) is 1. The second-order valence-electron chi connectivity index (χ2n) is 3.29. The van der Waals surface area contributed by atoms with Crippen LogP contribution < -0.4 is 10.1 Å². The third-order valence-corrected chi connectivity index (χ3v) is 2.42. The van der Waals surface area contributed by atoms with E-state index in [1.807, 2.05) is 6.07 Å². The molecule has 0 aliphatic rings. The van der Waals surface area contributed by atoms with Gasteiger partial charge in [0.15, 0.2) is 0 Å². The zero-order valence-electron chi connectivity index (χ0n) is 10.1. The first-order valence-electron chi connectivity index (χ1n) is 5.28. The standard InChI is InChI=1S/C12H13ClN2O3/c1-3-18-11(7-14)15-12(16)8-4-5-10(17-2)9(13)6-8/h4-6,11H,3H2,1-2H3,(H,15,16). The summed E-state index contributed by atoms with van der Waals surface area (Å²) in [5.74, 6) is 0.0504. The van der Waals surface area contributed by atoms with E-state index in [0.717, 1.165) is 0 Å². The van der Waals surface area contributed by atoms with Gasteiger partial charge in [-0.05, 0) is 25.1 Å². The molecule has 1 N–H and O–H groups in total. The lowest BCUT2D eigenvalue weighted by atomic mass is 10.2. The fourth-order valence-electron chi connectivity index (χ4n) is 1.29. The predicted molar refractivity (Wildman–Crippen MR) is 66.5 cm³/mol. The lowest BCUT2D eigenvalue weighted by Crippen LogP contribution is -2.35. The van der Waals surface area contributed by atoms with E-state index >= 15 is 0 Å². The Morgan fingerprint density at radius 1 is 1.61 bits per heavy atom. The van der Waals surface area contributed by atoms with Gasteiger partial charge in [0.05, 0.1) is 12.1 Å². The van der Waals surface area contributed by atoms with Crippen molar-refractivity contribution in [1.29, 1.82) is 5.26 Å². The van der Waals surface area contributed by atoms with Gasteiger partial charge in [-0.3, -0.25) is 4.79 Å². The van der Waals surface area contributed by atoms with Crippen molar-refractivity contribution in [2.24, 2.45) is 0 Å². The van der Waals surface area contributed by atoms with Gasteiger partial charge in [-0.2, -0.15) is 5.26 Å². The van der Waals surface area contributed by atoms with Crippen LogP contribution in [0.25, 0.3) is 0 Å². The van der Waals surface area contributed by atoms with Crippen molar-refractivity contribution in [2.75, 3.05) is 13.7 Å². The summed E-state index contributed by atoms with van der Waals surface area (Å²) >= 11 is 5.90. The van der Waals surface area contributed by atoms with Crippen LogP contribution in [0.15, 0.2) is 18.2 Å². The van der Waals surface area contributed by atoms with E-state index in [1.54, 1.807) is 19.1 Å². The SMILES string of the molecule is CCOC(C#N)NC(=O)c1ccc(OC)c(Cl)c1. The number of methoxy groups -OCH3 is 1. The van der Waals surface area contributed by atoms with Crippen molar-refractivity contribution in [3.05, 3.63) is 28.8 Å². The van der Waals surface area contributed by atoms with Crippen LogP contribution >= 0.6 is 11.6 Å². The molecule has 1 atom stereocenters. The van der Waals surface area contributed by atoms with E-state index in [0.29, 0.717) is 22.9 Å². The maximum Gasteiger partial charge on any atom is 0.254 e. The minimum absolute atomic E-state index is 0.329. The van der Waals surface area contributed by atoms with Crippen molar-refractivity contribution in [2.45, 2.75) is 13.2 Å². The first-order chi connectivity index (χ1) is 8.62. The van der Waals surface area contributed by atoms with Crippen LogP contribution in [0.2, 0.25) is 5.02 Å². The molecular formula is C12H13ClN2O3. The fraction of sp³-hybridized carbons (Fsp3) is 0.333. The molecule has 0 spiro atoms. The van der Waals surface area contributed by atoms with Crippen LogP contribution in [0.3, 0.4) is 0 Å². The Morgan fingerprint density at radius 3 is 2.83 bits per heavy atom. The molecule has 1 unspecified atom stereocenters. The van der Waals surface area contributed by atoms with Gasteiger partial charge in [-0.1, -0.05) is 11.6 Å². The highest BCUT2D eigenvalue weighted by Gasteiger charge is 2.14. The number of nitrogens with zero attached hydrogens (tertiary/aromatic N) is 1. The van der Waals surface area contributed by atoms with Gasteiger partial charge >= 0.3 is 0 Å². The molecule has 1 aromatic rings. The minimum Gasteiger partial charge on any atom is -0.495 e. The zero-order valence-corrected chi connectivity index (χ0v) is 10.8. The summed E-state index contributed by atoms with van der Waals surface area (Å²) in [7, 11) is 1.49. The van der Waals surface area contributed by atoms with Crippen molar-refractivity contribution >= 4 is 17.5 Å². The number of ether oxygens (including phenoxy) is 2. The molecule has 1 amide bonds. The van der Waals surface area contributed by atoms with Gasteiger partial charge in [-0.25, -0.2) is 0 Å². The van der Waals surface area contributed by atoms with Crippen molar-refractivity contribution in [3.63, 3.8) is 0 Å². The molecule has 0 saturated heterocycles. The third-order valence-electron chi connectivity index (χ3n) is 2.13. The molecule has 1 aromatic carbocycles. The first kappa shape index (κ1) is 14.3. The molecule has 0 bridgehead atoms. The topological polar surface area (TPSA) is 71.3 Å². The van der Waals surface area contributed by atoms with Gasteiger partial charge in [0.1, 0.15) is 11.8 Å². The minimum atomic E-state index is -0.969. The lowest BCUT2D eigenvalue weighted by Gasteiger charge is -2.11. The van der Waals surface area contributed by atoms with Crippen molar-refractivity contribution in [3.8, 4) is 11.8 Å². The van der Waals surface area contributed by atoms with E-state index in [-0.39, 0.29) is 0 Å². The average molecular weight is 269 g/mol. The highest BCUT2D eigenvalue weighted by Crippen LogP contribution is 2.24. The number of carbonyl (C=O) groups is 1. The summed E-state index contributed by atoms with van der Waals surface area (Å²) < 4.78 is 9.99. The largest absolute Gasteiger partial charge is 0.495 e. The Balaban J connectivity index is 2.79. The fourth-order valence-corrected chi connectivity index (χ4v) is 1.55. The Hall–Kier alpha value is -1.77. The number of hydrogen-bond donors (Lipinski definition) is 1. The number of nitriles is 1. The summed E-state index contributed by atoms with van der Waals surface area (Å²) in [6.07, 6.45) is -0.969. The molecule has 18 heavy (non-hydrogen) atoms. The van der Waals surface area contributed by atoms with Gasteiger partial charge in [0.2, 0.25) is 6.23 Å². The van der Waals surface area contributed by atoms with Gasteiger partial charge < -0.3 is 14.8 Å². The molecule has 0 fully saturated rings. The number of rotatable bonds is 5. The van der Waals surface area contributed by atoms with Crippen LogP contribution in [0.4, 0.5) is 0 Å². The average Bonchev–Trinajstić information content (AvgIpc) is 2.37. The molecule has 0 aromatic heterocycles. The molecule has 0 aliphatic carbocycles. The number of amides is 1. The van der Waals surface area contributed by atoms with Crippen LogP contribution in [0.1, 0.15) is 17.3 Å². The van der Waals surface area contributed by atoms with Crippen LogP contribution in [0.5, 0.6) is 5.75 Å². The molecule has 6 heteroatoms. The second-order valence-corrected chi connectivity index (χ2v) is 3.69. The van der Waals surface area contributed by atoms with Crippen molar-refractivity contribution < 1.29 is 14.3 Å². The maximum atomic E-state index is 11.8. The smallest absolute Gasteiger partial charge is 0.254 e. The van der Waals surface area contributed by atoms with Crippen molar-refractivity contribution in [1.82, 2.24) is 5.32 Å². The summed E-state index contributed by atoms with van der Waals surface area (Å²) in [6, 6.07) is 6.44. The van der Waals surface area contributed by atoms with Gasteiger partial charge in [0.25, 0.3) is 5.91 Å². The van der Waals surface area contributed by atoms with Gasteiger partial charge in [-0.15, -0.1) is 0 Å². The first-order valence-corrected chi connectivity index (χ1v) is 5.65. The number of benzene rings is 1. The lowest BCUT2D eigenvalue weighted by molar-refractivity contribution is 0.0615. The summed E-state index contributed by atoms with van der Waals surface area (Å²) in [6.45, 7) is 2.07. The molecule has 1 rings (SSSR count). The molecule has 0 radical (unpaired) electrons. The Bertz CT molecular complexity index is 471. The second kappa shape index (κ2) is 6.84. The quantitative estimate of drug-likeness (QED) is 0.829. The van der Waals surface area contributed by atoms with E-state index in [9.17, 15) is 4.79 Å². The van der Waals surface area contributed by atoms with E-state index < -0.39 is 12.1 Å². The molecule has 96 valence electrons. The predicted octanol–water partition coefficient (Wildman–Crippen LogP) is 1.96. The molecule has 5 nitrogen and oxygen atoms in total. The Labute approximate surface area is 110 Å². The zero-order chi connectivity index (χ0) is 13.5. The van der Waals surface area contributed by atoms with Gasteiger partial charge in [0, 0.05) is 12.2 Å².